The Morgan fingerprint density at radius 3 is 2.68 bits per heavy atom. The number of carbonyl (C=O) groups excluding carboxylic acids is 1. The molecule has 0 saturated carbocycles. The largest absolute Gasteiger partial charge is 0.352 e. The molecule has 0 bridgehead atoms. The fourth-order valence-corrected chi connectivity index (χ4v) is 2.03. The molecule has 1 N–H and O–H groups in total. The number of rotatable bonds is 7. The average Bonchev–Trinajstić information content (AvgIpc) is 2.38. The van der Waals surface area contributed by atoms with Crippen LogP contribution < -0.4 is 5.32 Å². The third-order valence-corrected chi connectivity index (χ3v) is 3.27. The quantitative estimate of drug-likeness (QED) is 0.260. The molecule has 0 atom stereocenters. The second kappa shape index (κ2) is 8.03. The molecule has 0 saturated heterocycles. The summed E-state index contributed by atoms with van der Waals surface area (Å²) in [5.41, 5.74) is -0.532. The van der Waals surface area contributed by atoms with Crippen LogP contribution in [0.1, 0.15) is 29.6 Å². The third-order valence-electron chi connectivity index (χ3n) is 2.50. The van der Waals surface area contributed by atoms with Crippen molar-refractivity contribution < 1.29 is 14.1 Å². The van der Waals surface area contributed by atoms with Crippen molar-refractivity contribution >= 4 is 34.2 Å². The second-order valence-corrected chi connectivity index (χ2v) is 5.01. The van der Waals surface area contributed by atoms with Gasteiger partial charge >= 0.3 is 0 Å². The third kappa shape index (κ3) is 5.09. The molecule has 1 amide bonds. The van der Waals surface area contributed by atoms with Crippen molar-refractivity contribution in [1.29, 1.82) is 0 Å². The molecule has 0 heterocycles. The van der Waals surface area contributed by atoms with Crippen molar-refractivity contribution in [3.05, 3.63) is 39.7 Å². The monoisotopic (exact) mass is 380 g/mol. The Morgan fingerprint density at radius 1 is 1.37 bits per heavy atom. The lowest BCUT2D eigenvalue weighted by Gasteiger charge is -2.05. The van der Waals surface area contributed by atoms with Crippen LogP contribution in [0.2, 0.25) is 0 Å². The van der Waals surface area contributed by atoms with Gasteiger partial charge in [0.15, 0.2) is 0 Å². The van der Waals surface area contributed by atoms with Gasteiger partial charge in [-0.1, -0.05) is 29.0 Å². The van der Waals surface area contributed by atoms with Gasteiger partial charge in [0.1, 0.15) is 5.82 Å². The van der Waals surface area contributed by atoms with Crippen LogP contribution in [-0.2, 0) is 0 Å². The summed E-state index contributed by atoms with van der Waals surface area (Å²) in [5, 5.41) is 13.0. The number of alkyl halides is 1. The molecular formula is C12H14FIN2O3. The zero-order valence-electron chi connectivity index (χ0n) is 10.2. The normalized spacial score (nSPS) is 10.2. The van der Waals surface area contributed by atoms with E-state index in [-0.39, 0.29) is 11.3 Å². The van der Waals surface area contributed by atoms with E-state index < -0.39 is 16.6 Å². The first-order chi connectivity index (χ1) is 9.06. The maximum atomic E-state index is 13.5. The molecule has 0 aromatic heterocycles. The molecule has 0 radical (unpaired) electrons. The van der Waals surface area contributed by atoms with Crippen LogP contribution in [0.4, 0.5) is 10.1 Å². The molecule has 1 aromatic rings. The minimum absolute atomic E-state index is 0.167. The maximum absolute atomic E-state index is 13.5. The van der Waals surface area contributed by atoms with Crippen molar-refractivity contribution in [2.45, 2.75) is 19.3 Å². The number of nitrogens with one attached hydrogen (secondary N) is 1. The standard InChI is InChI=1S/C12H14FIN2O3/c13-11-8-9(16(18)19)4-5-10(11)12(17)15-7-3-1-2-6-14/h4-5,8H,1-3,6-7H2,(H,15,17). The Balaban J connectivity index is 2.55. The van der Waals surface area contributed by atoms with Crippen LogP contribution in [0.25, 0.3) is 0 Å². The molecule has 0 aliphatic carbocycles. The predicted molar refractivity (Wildman–Crippen MR) is 78.1 cm³/mol. The number of benzene rings is 1. The molecule has 1 aromatic carbocycles. The number of carbonyl (C=O) groups is 1. The van der Waals surface area contributed by atoms with Crippen LogP contribution >= 0.6 is 22.6 Å². The van der Waals surface area contributed by atoms with Crippen LogP contribution in [0, 0.1) is 15.9 Å². The Bertz CT molecular complexity index is 468. The van der Waals surface area contributed by atoms with E-state index in [4.69, 9.17) is 0 Å². The minimum Gasteiger partial charge on any atom is -0.352 e. The first kappa shape index (κ1) is 15.8. The van der Waals surface area contributed by atoms with Crippen LogP contribution in [0.15, 0.2) is 18.2 Å². The highest BCUT2D eigenvalue weighted by molar-refractivity contribution is 14.1. The molecule has 0 fully saturated rings. The molecule has 0 unspecified atom stereocenters. The Labute approximate surface area is 123 Å². The molecule has 104 valence electrons. The van der Waals surface area contributed by atoms with Gasteiger partial charge in [-0.3, -0.25) is 14.9 Å². The van der Waals surface area contributed by atoms with Gasteiger partial charge < -0.3 is 5.32 Å². The molecule has 19 heavy (non-hydrogen) atoms. The van der Waals surface area contributed by atoms with Gasteiger partial charge in [0.25, 0.3) is 11.6 Å². The summed E-state index contributed by atoms with van der Waals surface area (Å²) < 4.78 is 14.6. The Kier molecular flexibility index (Phi) is 6.68. The predicted octanol–water partition coefficient (Wildman–Crippen LogP) is 3.07. The summed E-state index contributed by atoms with van der Waals surface area (Å²) in [7, 11) is 0. The highest BCUT2D eigenvalue weighted by Gasteiger charge is 2.15. The topological polar surface area (TPSA) is 72.2 Å². The van der Waals surface area contributed by atoms with Gasteiger partial charge in [-0.05, 0) is 23.3 Å². The van der Waals surface area contributed by atoms with Gasteiger partial charge in [0, 0.05) is 12.6 Å². The Hall–Kier alpha value is -1.25. The number of non-ortho nitro benzene ring substituents is 1. The first-order valence-corrected chi connectivity index (χ1v) is 7.37. The maximum Gasteiger partial charge on any atom is 0.272 e. The Morgan fingerprint density at radius 2 is 2.11 bits per heavy atom. The van der Waals surface area contributed by atoms with E-state index in [1.165, 1.54) is 0 Å². The summed E-state index contributed by atoms with van der Waals surface area (Å²) in [4.78, 5) is 21.4. The van der Waals surface area contributed by atoms with Gasteiger partial charge in [-0.15, -0.1) is 0 Å². The van der Waals surface area contributed by atoms with E-state index in [1.807, 2.05) is 0 Å². The SMILES string of the molecule is O=C(NCCCCCI)c1ccc([N+](=O)[O-])cc1F. The van der Waals surface area contributed by atoms with E-state index in [2.05, 4.69) is 27.9 Å². The number of unbranched alkanes of at least 4 members (excludes halogenated alkanes) is 2. The number of halogens is 2. The molecule has 1 rings (SSSR count). The van der Waals surface area contributed by atoms with Crippen molar-refractivity contribution in [2.75, 3.05) is 11.0 Å². The average molecular weight is 380 g/mol. The number of nitro benzene ring substituents is 1. The van der Waals surface area contributed by atoms with E-state index in [9.17, 15) is 19.3 Å². The number of amides is 1. The highest BCUT2D eigenvalue weighted by atomic mass is 127. The summed E-state index contributed by atoms with van der Waals surface area (Å²) >= 11 is 2.28. The summed E-state index contributed by atoms with van der Waals surface area (Å²) in [6.07, 6.45) is 2.93. The van der Waals surface area contributed by atoms with Crippen molar-refractivity contribution in [3.8, 4) is 0 Å². The summed E-state index contributed by atoms with van der Waals surface area (Å²) in [6.45, 7) is 0.478. The van der Waals surface area contributed by atoms with Gasteiger partial charge in [0.2, 0.25) is 0 Å². The molecule has 5 nitrogen and oxygen atoms in total. The molecular weight excluding hydrogens is 366 g/mol. The molecule has 7 heteroatoms. The molecule has 0 aliphatic heterocycles. The summed E-state index contributed by atoms with van der Waals surface area (Å²) in [6, 6.07) is 3.01. The molecule has 0 aliphatic rings. The van der Waals surface area contributed by atoms with Crippen LogP contribution in [0.3, 0.4) is 0 Å². The first-order valence-electron chi connectivity index (χ1n) is 5.84. The highest BCUT2D eigenvalue weighted by Crippen LogP contribution is 2.16. The number of hydrogen-bond donors (Lipinski definition) is 1. The van der Waals surface area contributed by atoms with Gasteiger partial charge in [0.05, 0.1) is 16.6 Å². The van der Waals surface area contributed by atoms with E-state index >= 15 is 0 Å². The number of nitro groups is 1. The van der Waals surface area contributed by atoms with Crippen molar-refractivity contribution in [3.63, 3.8) is 0 Å². The zero-order valence-corrected chi connectivity index (χ0v) is 12.4. The van der Waals surface area contributed by atoms with Crippen molar-refractivity contribution in [1.82, 2.24) is 5.32 Å². The van der Waals surface area contributed by atoms with E-state index in [0.717, 1.165) is 41.9 Å². The smallest absolute Gasteiger partial charge is 0.272 e. The zero-order chi connectivity index (χ0) is 14.3. The second-order valence-electron chi connectivity index (χ2n) is 3.93. The van der Waals surface area contributed by atoms with Crippen LogP contribution in [0.5, 0.6) is 0 Å². The summed E-state index contributed by atoms with van der Waals surface area (Å²) in [5.74, 6) is -1.42. The molecule has 0 spiro atoms. The number of hydrogen-bond acceptors (Lipinski definition) is 3. The fraction of sp³-hybridized carbons (Fsp3) is 0.417. The van der Waals surface area contributed by atoms with Crippen LogP contribution in [-0.4, -0.2) is 21.8 Å². The lowest BCUT2D eigenvalue weighted by Crippen LogP contribution is -2.25. The van der Waals surface area contributed by atoms with Crippen molar-refractivity contribution in [2.24, 2.45) is 0 Å². The lowest BCUT2D eigenvalue weighted by molar-refractivity contribution is -0.385. The van der Waals surface area contributed by atoms with Gasteiger partial charge in [-0.25, -0.2) is 4.39 Å². The minimum atomic E-state index is -0.876. The van der Waals surface area contributed by atoms with Gasteiger partial charge in [-0.2, -0.15) is 0 Å². The lowest BCUT2D eigenvalue weighted by atomic mass is 10.1. The van der Waals surface area contributed by atoms with E-state index in [1.54, 1.807) is 0 Å². The number of nitrogens with zero attached hydrogens (tertiary/aromatic N) is 1. The fourth-order valence-electron chi connectivity index (χ4n) is 1.50. The van der Waals surface area contributed by atoms with E-state index in [0.29, 0.717) is 6.54 Å².